The third kappa shape index (κ3) is 5.79. The van der Waals surface area contributed by atoms with Gasteiger partial charge in [-0.1, -0.05) is 0 Å². The zero-order valence-electron chi connectivity index (χ0n) is 12.4. The number of rotatable bonds is 8. The van der Waals surface area contributed by atoms with Crippen LogP contribution in [-0.4, -0.2) is 24.1 Å². The van der Waals surface area contributed by atoms with E-state index in [0.29, 0.717) is 31.9 Å². The number of anilines is 1. The van der Waals surface area contributed by atoms with Gasteiger partial charge in [-0.15, -0.1) is 0 Å². The normalized spacial score (nSPS) is 10.3. The second-order valence-corrected chi connectivity index (χ2v) is 4.67. The lowest BCUT2D eigenvalue weighted by Crippen LogP contribution is -2.30. The highest BCUT2D eigenvalue weighted by atomic mass is 16.6. The van der Waals surface area contributed by atoms with Gasteiger partial charge in [0.1, 0.15) is 12.4 Å². The van der Waals surface area contributed by atoms with Gasteiger partial charge in [0.05, 0.1) is 11.2 Å². The number of nitrogens with zero attached hydrogens (tertiary/aromatic N) is 1. The fraction of sp³-hybridized carbons (Fsp3) is 0.267. The van der Waals surface area contributed by atoms with Crippen molar-refractivity contribution in [3.05, 3.63) is 58.5 Å². The van der Waals surface area contributed by atoms with E-state index in [1.807, 2.05) is 6.07 Å². The van der Waals surface area contributed by atoms with Gasteiger partial charge in [0.25, 0.3) is 5.69 Å². The van der Waals surface area contributed by atoms with Gasteiger partial charge in [-0.25, -0.2) is 4.79 Å². The van der Waals surface area contributed by atoms with Gasteiger partial charge >= 0.3 is 6.03 Å². The van der Waals surface area contributed by atoms with Gasteiger partial charge in [0.2, 0.25) is 0 Å². The zero-order valence-corrected chi connectivity index (χ0v) is 12.4. The van der Waals surface area contributed by atoms with Crippen molar-refractivity contribution in [2.45, 2.75) is 13.0 Å². The molecule has 0 aliphatic heterocycles. The number of carbonyl (C=O) groups is 1. The third-order valence-corrected chi connectivity index (χ3v) is 2.91. The maximum absolute atomic E-state index is 11.6. The molecule has 0 aliphatic carbocycles. The van der Waals surface area contributed by atoms with Crippen molar-refractivity contribution in [3.8, 4) is 0 Å². The van der Waals surface area contributed by atoms with Crippen LogP contribution in [0.25, 0.3) is 0 Å². The molecule has 1 aromatic carbocycles. The van der Waals surface area contributed by atoms with Crippen LogP contribution >= 0.6 is 0 Å². The predicted octanol–water partition coefficient (Wildman–Crippen LogP) is 2.92. The van der Waals surface area contributed by atoms with Gasteiger partial charge in [-0.05, 0) is 30.7 Å². The van der Waals surface area contributed by atoms with Crippen molar-refractivity contribution >= 4 is 17.4 Å². The third-order valence-electron chi connectivity index (χ3n) is 2.91. The largest absolute Gasteiger partial charge is 0.467 e. The maximum atomic E-state index is 11.6. The summed E-state index contributed by atoms with van der Waals surface area (Å²) in [5, 5.41) is 15.8. The Morgan fingerprint density at radius 1 is 1.26 bits per heavy atom. The van der Waals surface area contributed by atoms with E-state index < -0.39 is 4.92 Å². The number of nitrogens with one attached hydrogen (secondary N) is 2. The molecule has 0 saturated carbocycles. The van der Waals surface area contributed by atoms with Gasteiger partial charge < -0.3 is 19.8 Å². The molecule has 0 atom stereocenters. The molecule has 8 heteroatoms. The predicted molar refractivity (Wildman–Crippen MR) is 83.1 cm³/mol. The van der Waals surface area contributed by atoms with Crippen LogP contribution in [0.3, 0.4) is 0 Å². The van der Waals surface area contributed by atoms with E-state index >= 15 is 0 Å². The molecule has 2 rings (SSSR count). The van der Waals surface area contributed by atoms with Crippen molar-refractivity contribution in [1.82, 2.24) is 5.32 Å². The van der Waals surface area contributed by atoms with Crippen LogP contribution in [0.2, 0.25) is 0 Å². The van der Waals surface area contributed by atoms with Crippen LogP contribution in [0, 0.1) is 10.1 Å². The fourth-order valence-electron chi connectivity index (χ4n) is 1.79. The first kappa shape index (κ1) is 16.5. The molecule has 23 heavy (non-hydrogen) atoms. The van der Waals surface area contributed by atoms with Gasteiger partial charge in [0.15, 0.2) is 0 Å². The second kappa shape index (κ2) is 8.54. The summed E-state index contributed by atoms with van der Waals surface area (Å²) < 4.78 is 10.5. The Morgan fingerprint density at radius 2 is 2.04 bits per heavy atom. The Hall–Kier alpha value is -2.87. The summed E-state index contributed by atoms with van der Waals surface area (Å²) >= 11 is 0. The average Bonchev–Trinajstić information content (AvgIpc) is 3.04. The first-order valence-electron chi connectivity index (χ1n) is 7.04. The highest BCUT2D eigenvalue weighted by Gasteiger charge is 2.05. The number of hydrogen-bond acceptors (Lipinski definition) is 5. The number of carbonyl (C=O) groups excluding carboxylic acids is 1. The van der Waals surface area contributed by atoms with Crippen LogP contribution in [0.5, 0.6) is 0 Å². The number of urea groups is 1. The average molecular weight is 319 g/mol. The fourth-order valence-corrected chi connectivity index (χ4v) is 1.79. The zero-order chi connectivity index (χ0) is 16.5. The van der Waals surface area contributed by atoms with E-state index in [1.165, 1.54) is 24.3 Å². The van der Waals surface area contributed by atoms with Crippen molar-refractivity contribution in [2.24, 2.45) is 0 Å². The molecule has 0 saturated heterocycles. The van der Waals surface area contributed by atoms with Gasteiger partial charge in [0, 0.05) is 31.0 Å². The minimum atomic E-state index is -0.493. The molecule has 0 radical (unpaired) electrons. The molecular formula is C15H17N3O5. The minimum Gasteiger partial charge on any atom is -0.467 e. The lowest BCUT2D eigenvalue weighted by molar-refractivity contribution is -0.384. The molecule has 2 amide bonds. The lowest BCUT2D eigenvalue weighted by Gasteiger charge is -2.07. The number of non-ortho nitro benzene ring substituents is 1. The van der Waals surface area contributed by atoms with E-state index in [2.05, 4.69) is 10.6 Å². The van der Waals surface area contributed by atoms with Crippen LogP contribution in [0.1, 0.15) is 12.2 Å². The lowest BCUT2D eigenvalue weighted by atomic mass is 10.3. The first-order valence-corrected chi connectivity index (χ1v) is 7.04. The molecule has 0 bridgehead atoms. The number of ether oxygens (including phenoxy) is 1. The molecule has 8 nitrogen and oxygen atoms in total. The quantitative estimate of drug-likeness (QED) is 0.442. The molecular weight excluding hydrogens is 302 g/mol. The number of amides is 2. The summed E-state index contributed by atoms with van der Waals surface area (Å²) in [5.41, 5.74) is 0.465. The minimum absolute atomic E-state index is 0.0235. The molecule has 0 unspecified atom stereocenters. The standard InChI is InChI=1S/C15H17N3O5/c19-15(17-12-4-6-13(7-5-12)18(20)21)16-8-2-9-22-11-14-3-1-10-23-14/h1,3-7,10H,2,8-9,11H2,(H2,16,17,19). The van der Waals surface area contributed by atoms with Crippen molar-refractivity contribution in [1.29, 1.82) is 0 Å². The molecule has 0 spiro atoms. The Kier molecular flexibility index (Phi) is 6.13. The number of nitro benzene ring substituents is 1. The van der Waals surface area contributed by atoms with Crippen LogP contribution in [0.4, 0.5) is 16.2 Å². The number of hydrogen-bond donors (Lipinski definition) is 2. The molecule has 1 aromatic heterocycles. The van der Waals surface area contributed by atoms with E-state index in [0.717, 1.165) is 5.76 Å². The van der Waals surface area contributed by atoms with Gasteiger partial charge in [-0.2, -0.15) is 0 Å². The van der Waals surface area contributed by atoms with E-state index in [-0.39, 0.29) is 11.7 Å². The highest BCUT2D eigenvalue weighted by Crippen LogP contribution is 2.15. The summed E-state index contributed by atoms with van der Waals surface area (Å²) in [6, 6.07) is 8.87. The summed E-state index contributed by atoms with van der Waals surface area (Å²) in [6.07, 6.45) is 2.25. The highest BCUT2D eigenvalue weighted by molar-refractivity contribution is 5.89. The summed E-state index contributed by atoms with van der Waals surface area (Å²) in [7, 11) is 0. The molecule has 122 valence electrons. The Bertz CT molecular complexity index is 625. The molecule has 0 aliphatic rings. The number of nitro groups is 1. The Morgan fingerprint density at radius 3 is 2.70 bits per heavy atom. The van der Waals surface area contributed by atoms with Crippen LogP contribution in [0.15, 0.2) is 47.1 Å². The summed E-state index contributed by atoms with van der Waals surface area (Å²) in [5.74, 6) is 0.758. The second-order valence-electron chi connectivity index (χ2n) is 4.67. The first-order chi connectivity index (χ1) is 11.1. The van der Waals surface area contributed by atoms with E-state index in [1.54, 1.807) is 12.3 Å². The Labute approximate surface area is 132 Å². The van der Waals surface area contributed by atoms with E-state index in [4.69, 9.17) is 9.15 Å². The number of benzene rings is 1. The SMILES string of the molecule is O=C(NCCCOCc1ccco1)Nc1ccc([N+](=O)[O-])cc1. The summed E-state index contributed by atoms with van der Waals surface area (Å²) in [4.78, 5) is 21.7. The monoisotopic (exact) mass is 319 g/mol. The summed E-state index contributed by atoms with van der Waals surface area (Å²) in [6.45, 7) is 1.36. The van der Waals surface area contributed by atoms with Crippen LogP contribution < -0.4 is 10.6 Å². The smallest absolute Gasteiger partial charge is 0.319 e. The molecule has 2 aromatic rings. The van der Waals surface area contributed by atoms with Crippen LogP contribution in [-0.2, 0) is 11.3 Å². The van der Waals surface area contributed by atoms with Crippen molar-refractivity contribution in [3.63, 3.8) is 0 Å². The maximum Gasteiger partial charge on any atom is 0.319 e. The Balaban J connectivity index is 1.58. The topological polar surface area (TPSA) is 107 Å². The number of furan rings is 1. The van der Waals surface area contributed by atoms with Gasteiger partial charge in [-0.3, -0.25) is 10.1 Å². The molecule has 0 fully saturated rings. The van der Waals surface area contributed by atoms with Crippen molar-refractivity contribution < 1.29 is 18.9 Å². The molecule has 1 heterocycles. The van der Waals surface area contributed by atoms with Crippen molar-refractivity contribution in [2.75, 3.05) is 18.5 Å². The van der Waals surface area contributed by atoms with E-state index in [9.17, 15) is 14.9 Å². The molecule has 2 N–H and O–H groups in total.